The fraction of sp³-hybridized carbons (Fsp3) is 0. The van der Waals surface area contributed by atoms with E-state index < -0.39 is 0 Å². The molecule has 0 aliphatic carbocycles. The summed E-state index contributed by atoms with van der Waals surface area (Å²) >= 11 is 0. The number of aromatic nitrogens is 1. The van der Waals surface area contributed by atoms with Gasteiger partial charge in [0.1, 0.15) is 11.2 Å². The van der Waals surface area contributed by atoms with Gasteiger partial charge < -0.3 is 8.98 Å². The molecular formula is C44H27NO. The maximum atomic E-state index is 6.59. The molecule has 0 amide bonds. The zero-order valence-corrected chi connectivity index (χ0v) is 24.9. The fourth-order valence-corrected chi connectivity index (χ4v) is 7.43. The molecule has 0 radical (unpaired) electrons. The SMILES string of the molecule is c1ccc(-c2cccc(-n3c4cc5oc6ccc7ccccc7c6c5cc4c4c5ccc(-c6ccccc6)cc5ccc43)c2)cc1. The summed E-state index contributed by atoms with van der Waals surface area (Å²) in [5, 5.41) is 9.72. The number of hydrogen-bond acceptors (Lipinski definition) is 1. The van der Waals surface area contributed by atoms with E-state index in [1.54, 1.807) is 0 Å². The van der Waals surface area contributed by atoms with Gasteiger partial charge in [-0.05, 0) is 80.2 Å². The van der Waals surface area contributed by atoms with Crippen LogP contribution in [-0.2, 0) is 0 Å². The summed E-state index contributed by atoms with van der Waals surface area (Å²) in [6.07, 6.45) is 0. The first kappa shape index (κ1) is 25.2. The van der Waals surface area contributed by atoms with Crippen molar-refractivity contribution in [2.75, 3.05) is 0 Å². The quantitative estimate of drug-likeness (QED) is 0.202. The van der Waals surface area contributed by atoms with Crippen LogP contribution in [0.1, 0.15) is 0 Å². The van der Waals surface area contributed by atoms with Gasteiger partial charge in [-0.1, -0.05) is 121 Å². The van der Waals surface area contributed by atoms with E-state index in [9.17, 15) is 0 Å². The number of furan rings is 1. The molecule has 0 unspecified atom stereocenters. The summed E-state index contributed by atoms with van der Waals surface area (Å²) in [4.78, 5) is 0. The van der Waals surface area contributed by atoms with E-state index in [1.807, 2.05) is 0 Å². The van der Waals surface area contributed by atoms with E-state index in [0.29, 0.717) is 0 Å². The summed E-state index contributed by atoms with van der Waals surface area (Å²) in [6, 6.07) is 59.0. The van der Waals surface area contributed by atoms with Gasteiger partial charge in [-0.3, -0.25) is 0 Å². The van der Waals surface area contributed by atoms with Crippen molar-refractivity contribution >= 4 is 65.3 Å². The summed E-state index contributed by atoms with van der Waals surface area (Å²) in [6.45, 7) is 0. The lowest BCUT2D eigenvalue weighted by Gasteiger charge is -2.11. The molecule has 2 heteroatoms. The van der Waals surface area contributed by atoms with Crippen molar-refractivity contribution in [2.24, 2.45) is 0 Å². The smallest absolute Gasteiger partial charge is 0.137 e. The standard InChI is InChI=1S/C44H27NO/c1-3-10-28(11-4-1)31-15-9-16-34(25-31)45-39-22-19-33-24-32(29-12-5-2-6-13-29)18-21-36(33)43(39)37-26-38-42(27-40(37)45)46-41-23-20-30-14-7-8-17-35(30)44(38)41/h1-27H. The van der Waals surface area contributed by atoms with Crippen molar-refractivity contribution in [1.29, 1.82) is 0 Å². The minimum atomic E-state index is 0.901. The number of benzene rings is 8. The molecular weight excluding hydrogens is 558 g/mol. The van der Waals surface area contributed by atoms with Crippen LogP contribution < -0.4 is 0 Å². The van der Waals surface area contributed by atoms with Crippen LogP contribution in [0.3, 0.4) is 0 Å². The van der Waals surface area contributed by atoms with Crippen LogP contribution in [0.4, 0.5) is 0 Å². The average Bonchev–Trinajstić information content (AvgIpc) is 3.66. The van der Waals surface area contributed by atoms with Crippen molar-refractivity contribution in [3.05, 3.63) is 164 Å². The third kappa shape index (κ3) is 3.71. The molecule has 46 heavy (non-hydrogen) atoms. The molecule has 0 aliphatic heterocycles. The second-order valence-corrected chi connectivity index (χ2v) is 12.1. The van der Waals surface area contributed by atoms with E-state index in [2.05, 4.69) is 168 Å². The molecule has 2 aromatic heterocycles. The Morgan fingerprint density at radius 1 is 0.348 bits per heavy atom. The predicted octanol–water partition coefficient (Wildman–Crippen LogP) is 12.3. The Labute approximate surface area is 265 Å². The summed E-state index contributed by atoms with van der Waals surface area (Å²) in [5.41, 5.74) is 10.1. The van der Waals surface area contributed by atoms with Crippen LogP contribution in [0.15, 0.2) is 168 Å². The van der Waals surface area contributed by atoms with E-state index >= 15 is 0 Å². The normalized spacial score (nSPS) is 11.9. The molecule has 10 rings (SSSR count). The number of nitrogens with zero attached hydrogens (tertiary/aromatic N) is 1. The maximum absolute atomic E-state index is 6.59. The Morgan fingerprint density at radius 3 is 1.87 bits per heavy atom. The lowest BCUT2D eigenvalue weighted by Crippen LogP contribution is -1.94. The Kier molecular flexibility index (Phi) is 5.31. The lowest BCUT2D eigenvalue weighted by molar-refractivity contribution is 0.669. The van der Waals surface area contributed by atoms with E-state index in [1.165, 1.54) is 65.5 Å². The molecule has 0 spiro atoms. The number of rotatable bonds is 3. The molecule has 0 fully saturated rings. The van der Waals surface area contributed by atoms with Gasteiger partial charge in [0, 0.05) is 33.3 Å². The largest absolute Gasteiger partial charge is 0.456 e. The molecule has 0 atom stereocenters. The first-order valence-electron chi connectivity index (χ1n) is 15.8. The second kappa shape index (κ2) is 9.69. The van der Waals surface area contributed by atoms with Crippen molar-refractivity contribution in [1.82, 2.24) is 4.57 Å². The first-order valence-corrected chi connectivity index (χ1v) is 15.8. The van der Waals surface area contributed by atoms with Gasteiger partial charge >= 0.3 is 0 Å². The second-order valence-electron chi connectivity index (χ2n) is 12.1. The van der Waals surface area contributed by atoms with Crippen LogP contribution in [0, 0.1) is 0 Å². The number of fused-ring (bicyclic) bond motifs is 10. The number of hydrogen-bond donors (Lipinski definition) is 0. The zero-order chi connectivity index (χ0) is 30.2. The van der Waals surface area contributed by atoms with Gasteiger partial charge in [0.15, 0.2) is 0 Å². The minimum absolute atomic E-state index is 0.901. The van der Waals surface area contributed by atoms with Gasteiger partial charge in [0.05, 0.1) is 11.0 Å². The molecule has 0 N–H and O–H groups in total. The Bertz CT molecular complexity index is 2790. The van der Waals surface area contributed by atoms with Crippen molar-refractivity contribution in [3.63, 3.8) is 0 Å². The van der Waals surface area contributed by atoms with Crippen LogP contribution in [0.25, 0.3) is 93.2 Å². The molecule has 0 aliphatic rings. The molecule has 2 nitrogen and oxygen atoms in total. The van der Waals surface area contributed by atoms with Gasteiger partial charge in [0.25, 0.3) is 0 Å². The Balaban J connectivity index is 1.33. The van der Waals surface area contributed by atoms with Gasteiger partial charge in [-0.25, -0.2) is 0 Å². The van der Waals surface area contributed by atoms with Crippen LogP contribution >= 0.6 is 0 Å². The average molecular weight is 586 g/mol. The molecule has 214 valence electrons. The molecule has 0 saturated carbocycles. The van der Waals surface area contributed by atoms with Crippen molar-refractivity contribution < 1.29 is 4.42 Å². The first-order chi connectivity index (χ1) is 22.8. The highest BCUT2D eigenvalue weighted by atomic mass is 16.3. The molecule has 0 bridgehead atoms. The highest BCUT2D eigenvalue weighted by molar-refractivity contribution is 6.27. The monoisotopic (exact) mass is 585 g/mol. The third-order valence-electron chi connectivity index (χ3n) is 9.55. The van der Waals surface area contributed by atoms with Gasteiger partial charge in [0.2, 0.25) is 0 Å². The van der Waals surface area contributed by atoms with Crippen LogP contribution in [0.2, 0.25) is 0 Å². The van der Waals surface area contributed by atoms with Gasteiger partial charge in [-0.2, -0.15) is 0 Å². The zero-order valence-electron chi connectivity index (χ0n) is 24.9. The summed E-state index contributed by atoms with van der Waals surface area (Å²) in [5.74, 6) is 0. The summed E-state index contributed by atoms with van der Waals surface area (Å²) < 4.78 is 9.00. The van der Waals surface area contributed by atoms with Crippen molar-refractivity contribution in [3.8, 4) is 27.9 Å². The fourth-order valence-electron chi connectivity index (χ4n) is 7.43. The molecule has 8 aromatic carbocycles. The van der Waals surface area contributed by atoms with E-state index in [0.717, 1.165) is 27.8 Å². The molecule has 10 aromatic rings. The van der Waals surface area contributed by atoms with Crippen molar-refractivity contribution in [2.45, 2.75) is 0 Å². The minimum Gasteiger partial charge on any atom is -0.456 e. The Hall–Kier alpha value is -6.12. The highest BCUT2D eigenvalue weighted by Gasteiger charge is 2.19. The van der Waals surface area contributed by atoms with Crippen LogP contribution in [-0.4, -0.2) is 4.57 Å². The molecule has 2 heterocycles. The van der Waals surface area contributed by atoms with Crippen LogP contribution in [0.5, 0.6) is 0 Å². The highest BCUT2D eigenvalue weighted by Crippen LogP contribution is 2.43. The maximum Gasteiger partial charge on any atom is 0.137 e. The van der Waals surface area contributed by atoms with E-state index in [-0.39, 0.29) is 0 Å². The van der Waals surface area contributed by atoms with E-state index in [4.69, 9.17) is 4.42 Å². The Morgan fingerprint density at radius 2 is 1.04 bits per heavy atom. The predicted molar refractivity (Wildman–Crippen MR) is 194 cm³/mol. The lowest BCUT2D eigenvalue weighted by atomic mass is 9.97. The summed E-state index contributed by atoms with van der Waals surface area (Å²) in [7, 11) is 0. The molecule has 0 saturated heterocycles. The van der Waals surface area contributed by atoms with Gasteiger partial charge in [-0.15, -0.1) is 0 Å². The topological polar surface area (TPSA) is 18.1 Å². The third-order valence-corrected chi connectivity index (χ3v) is 9.55.